The number of aromatic nitrogens is 1. The summed E-state index contributed by atoms with van der Waals surface area (Å²) in [7, 11) is 2.02. The quantitative estimate of drug-likeness (QED) is 0.907. The molecular weight excluding hydrogens is 280 g/mol. The van der Waals surface area contributed by atoms with Crippen molar-refractivity contribution in [3.63, 3.8) is 0 Å². The van der Waals surface area contributed by atoms with E-state index in [1.165, 1.54) is 29.7 Å². The minimum atomic E-state index is 0.261. The minimum Gasteiger partial charge on any atom is -0.312 e. The monoisotopic (exact) mass is 300 g/mol. The normalized spacial score (nSPS) is 19.1. The first-order chi connectivity index (χ1) is 10.2. The van der Waals surface area contributed by atoms with Crippen LogP contribution in [0.15, 0.2) is 36.5 Å². The molecule has 0 bridgehead atoms. The molecule has 0 fully saturated rings. The molecule has 1 aromatic heterocycles. The number of halogens is 1. The van der Waals surface area contributed by atoms with Gasteiger partial charge >= 0.3 is 0 Å². The molecule has 0 saturated heterocycles. The van der Waals surface area contributed by atoms with E-state index in [1.807, 2.05) is 26.2 Å². The van der Waals surface area contributed by atoms with Crippen molar-refractivity contribution in [3.05, 3.63) is 63.9 Å². The summed E-state index contributed by atoms with van der Waals surface area (Å²) in [4.78, 5) is 4.66. The van der Waals surface area contributed by atoms with Gasteiger partial charge in [-0.05, 0) is 62.1 Å². The average Bonchev–Trinajstić information content (AvgIpc) is 2.52. The molecule has 1 N–H and O–H groups in total. The zero-order valence-corrected chi connectivity index (χ0v) is 13.3. The summed E-state index contributed by atoms with van der Waals surface area (Å²) in [6.07, 6.45) is 5.44. The maximum atomic E-state index is 6.31. The Morgan fingerprint density at radius 1 is 1.33 bits per heavy atom. The molecule has 1 aromatic carbocycles. The summed E-state index contributed by atoms with van der Waals surface area (Å²) in [5.41, 5.74) is 5.01. The second kappa shape index (κ2) is 6.17. The van der Waals surface area contributed by atoms with Crippen LogP contribution in [0.3, 0.4) is 0 Å². The number of fused-ring (bicyclic) bond motifs is 1. The molecule has 1 aliphatic rings. The zero-order chi connectivity index (χ0) is 14.8. The highest BCUT2D eigenvalue weighted by Crippen LogP contribution is 2.39. The largest absolute Gasteiger partial charge is 0.312 e. The molecular formula is C18H21ClN2. The first-order valence-corrected chi connectivity index (χ1v) is 7.95. The number of rotatable bonds is 3. The number of hydrogen-bond donors (Lipinski definition) is 1. The van der Waals surface area contributed by atoms with Crippen LogP contribution in [0.5, 0.6) is 0 Å². The molecule has 1 aliphatic carbocycles. The van der Waals surface area contributed by atoms with E-state index in [9.17, 15) is 0 Å². The van der Waals surface area contributed by atoms with Crippen molar-refractivity contribution in [1.82, 2.24) is 10.3 Å². The summed E-state index contributed by atoms with van der Waals surface area (Å²) < 4.78 is 0. The van der Waals surface area contributed by atoms with E-state index in [0.717, 1.165) is 17.0 Å². The Balaban J connectivity index is 1.99. The average molecular weight is 301 g/mol. The Labute approximate surface area is 131 Å². The van der Waals surface area contributed by atoms with E-state index in [0.29, 0.717) is 5.92 Å². The van der Waals surface area contributed by atoms with Gasteiger partial charge in [-0.1, -0.05) is 29.8 Å². The maximum absolute atomic E-state index is 6.31. The number of nitrogens with zero attached hydrogens (tertiary/aromatic N) is 1. The van der Waals surface area contributed by atoms with Gasteiger partial charge in [-0.15, -0.1) is 0 Å². The Hall–Kier alpha value is -1.38. The van der Waals surface area contributed by atoms with Crippen molar-refractivity contribution in [2.75, 3.05) is 7.05 Å². The van der Waals surface area contributed by atoms with Crippen LogP contribution in [0.25, 0.3) is 0 Å². The topological polar surface area (TPSA) is 24.9 Å². The van der Waals surface area contributed by atoms with Crippen molar-refractivity contribution in [1.29, 1.82) is 0 Å². The van der Waals surface area contributed by atoms with Gasteiger partial charge in [-0.2, -0.15) is 0 Å². The number of aryl methyl sites for hydroxylation is 2. The second-order valence-corrected chi connectivity index (χ2v) is 6.23. The van der Waals surface area contributed by atoms with Crippen molar-refractivity contribution >= 4 is 11.6 Å². The number of likely N-dealkylation sites (N-methyl/N-ethyl adjacent to an activating group) is 1. The third kappa shape index (κ3) is 2.83. The van der Waals surface area contributed by atoms with Crippen LogP contribution < -0.4 is 5.32 Å². The number of nitrogens with one attached hydrogen (secondary N) is 1. The molecule has 0 aliphatic heterocycles. The van der Waals surface area contributed by atoms with Crippen molar-refractivity contribution < 1.29 is 0 Å². The summed E-state index contributed by atoms with van der Waals surface area (Å²) >= 11 is 6.31. The van der Waals surface area contributed by atoms with Gasteiger partial charge in [0.15, 0.2) is 0 Å². The van der Waals surface area contributed by atoms with Crippen molar-refractivity contribution in [3.8, 4) is 0 Å². The molecule has 0 spiro atoms. The van der Waals surface area contributed by atoms with Gasteiger partial charge in [-0.25, -0.2) is 0 Å². The predicted octanol–water partition coefficient (Wildman–Crippen LogP) is 4.42. The lowest BCUT2D eigenvalue weighted by atomic mass is 9.79. The Kier molecular flexibility index (Phi) is 4.27. The summed E-state index contributed by atoms with van der Waals surface area (Å²) in [6.45, 7) is 2.04. The van der Waals surface area contributed by atoms with Crippen LogP contribution in [0.1, 0.15) is 47.2 Å². The number of pyridine rings is 1. The molecule has 2 nitrogen and oxygen atoms in total. The standard InChI is InChI=1S/C18H21ClN2/c1-12-8-9-14(11-16(12)19)17(20-2)15-7-3-5-13-6-4-10-21-18(13)15/h4,6,8-11,15,17,20H,3,5,7H2,1-2H3. The second-order valence-electron chi connectivity index (χ2n) is 5.82. The molecule has 3 heteroatoms. The predicted molar refractivity (Wildman–Crippen MR) is 87.9 cm³/mol. The van der Waals surface area contributed by atoms with Crippen LogP contribution in [0.2, 0.25) is 5.02 Å². The maximum Gasteiger partial charge on any atom is 0.0485 e. The van der Waals surface area contributed by atoms with Gasteiger partial charge < -0.3 is 5.32 Å². The molecule has 2 aromatic rings. The van der Waals surface area contributed by atoms with Gasteiger partial charge in [0.05, 0.1) is 0 Å². The Morgan fingerprint density at radius 2 is 2.19 bits per heavy atom. The fourth-order valence-electron chi connectivity index (χ4n) is 3.37. The lowest BCUT2D eigenvalue weighted by molar-refractivity contribution is 0.416. The molecule has 2 unspecified atom stereocenters. The molecule has 0 amide bonds. The molecule has 110 valence electrons. The van der Waals surface area contributed by atoms with Crippen LogP contribution in [0.4, 0.5) is 0 Å². The smallest absolute Gasteiger partial charge is 0.0485 e. The minimum absolute atomic E-state index is 0.261. The van der Waals surface area contributed by atoms with Gasteiger partial charge in [-0.3, -0.25) is 4.98 Å². The molecule has 0 radical (unpaired) electrons. The third-order valence-electron chi connectivity index (χ3n) is 4.51. The van der Waals surface area contributed by atoms with Gasteiger partial charge in [0, 0.05) is 28.9 Å². The van der Waals surface area contributed by atoms with E-state index >= 15 is 0 Å². The highest BCUT2D eigenvalue weighted by Gasteiger charge is 2.29. The van der Waals surface area contributed by atoms with Gasteiger partial charge in [0.1, 0.15) is 0 Å². The highest BCUT2D eigenvalue weighted by molar-refractivity contribution is 6.31. The first-order valence-electron chi connectivity index (χ1n) is 7.58. The number of hydrogen-bond acceptors (Lipinski definition) is 2. The zero-order valence-electron chi connectivity index (χ0n) is 12.6. The fourth-order valence-corrected chi connectivity index (χ4v) is 3.56. The van der Waals surface area contributed by atoms with E-state index in [-0.39, 0.29) is 6.04 Å². The lowest BCUT2D eigenvalue weighted by Crippen LogP contribution is -2.27. The van der Waals surface area contributed by atoms with Gasteiger partial charge in [0.25, 0.3) is 0 Å². The molecule has 1 heterocycles. The first kappa shape index (κ1) is 14.6. The Morgan fingerprint density at radius 3 is 2.95 bits per heavy atom. The fraction of sp³-hybridized carbons (Fsp3) is 0.389. The van der Waals surface area contributed by atoms with Crippen LogP contribution >= 0.6 is 11.6 Å². The third-order valence-corrected chi connectivity index (χ3v) is 4.91. The van der Waals surface area contributed by atoms with Crippen LogP contribution in [0, 0.1) is 6.92 Å². The molecule has 2 atom stereocenters. The van der Waals surface area contributed by atoms with Crippen molar-refractivity contribution in [2.45, 2.75) is 38.1 Å². The van der Waals surface area contributed by atoms with Crippen LogP contribution in [-0.4, -0.2) is 12.0 Å². The molecule has 0 saturated carbocycles. The summed E-state index contributed by atoms with van der Waals surface area (Å²) in [5.74, 6) is 0.415. The van der Waals surface area contributed by atoms with Gasteiger partial charge in [0.2, 0.25) is 0 Å². The summed E-state index contributed by atoms with van der Waals surface area (Å²) in [5, 5.41) is 4.31. The van der Waals surface area contributed by atoms with E-state index in [2.05, 4.69) is 34.6 Å². The van der Waals surface area contributed by atoms with E-state index < -0.39 is 0 Å². The molecule has 3 rings (SSSR count). The lowest BCUT2D eigenvalue weighted by Gasteiger charge is -2.31. The Bertz CT molecular complexity index is 639. The van der Waals surface area contributed by atoms with Crippen molar-refractivity contribution in [2.24, 2.45) is 0 Å². The number of benzene rings is 1. The summed E-state index contributed by atoms with van der Waals surface area (Å²) in [6, 6.07) is 10.9. The van der Waals surface area contributed by atoms with Crippen LogP contribution in [-0.2, 0) is 6.42 Å². The van der Waals surface area contributed by atoms with E-state index in [1.54, 1.807) is 0 Å². The molecule has 21 heavy (non-hydrogen) atoms. The SMILES string of the molecule is CNC(c1ccc(C)c(Cl)c1)C1CCCc2cccnc21. The highest BCUT2D eigenvalue weighted by atomic mass is 35.5. The van der Waals surface area contributed by atoms with E-state index in [4.69, 9.17) is 11.6 Å².